The maximum absolute atomic E-state index is 13.5. The summed E-state index contributed by atoms with van der Waals surface area (Å²) in [6.45, 7) is 0.801. The minimum Gasteiger partial charge on any atom is -0.395 e. The summed E-state index contributed by atoms with van der Waals surface area (Å²) in [4.78, 5) is 14.3. The number of rotatable bonds is 3. The van der Waals surface area contributed by atoms with E-state index in [2.05, 4.69) is 14.6 Å². The Morgan fingerprint density at radius 2 is 1.91 bits per heavy atom. The van der Waals surface area contributed by atoms with Crippen LogP contribution in [0.25, 0.3) is 5.69 Å². The minimum atomic E-state index is -4.59. The Morgan fingerprint density at radius 1 is 1.15 bits per heavy atom. The largest absolute Gasteiger partial charge is 0.586 e. The van der Waals surface area contributed by atoms with Crippen molar-refractivity contribution in [2.75, 3.05) is 18.5 Å². The fourth-order valence-corrected chi connectivity index (χ4v) is 4.11. The average molecular weight is 481 g/mol. The highest BCUT2D eigenvalue weighted by atomic mass is 19.4. The first-order valence-electron chi connectivity index (χ1n) is 10.3. The van der Waals surface area contributed by atoms with Crippen molar-refractivity contribution in [3.05, 3.63) is 65.0 Å². The molecule has 3 heterocycles. The summed E-state index contributed by atoms with van der Waals surface area (Å²) in [5, 5.41) is 5.63. The lowest BCUT2D eigenvalue weighted by atomic mass is 10.1. The second-order valence-corrected chi connectivity index (χ2v) is 7.93. The van der Waals surface area contributed by atoms with Gasteiger partial charge in [0.05, 0.1) is 23.5 Å². The van der Waals surface area contributed by atoms with E-state index in [-0.39, 0.29) is 34.9 Å². The number of nitrogens with zero attached hydrogens (tertiary/aromatic N) is 3. The molecule has 0 saturated carbocycles. The molecule has 178 valence electrons. The highest BCUT2D eigenvalue weighted by molar-refractivity contribution is 6.06. The molecule has 2 N–H and O–H groups in total. The van der Waals surface area contributed by atoms with Crippen molar-refractivity contribution in [2.24, 2.45) is 0 Å². The standard InChI is InChI=1S/C22H17F5N4O3/c1-30(13-5-6-17-18(10-13)34-22(26,27)33-17)20(32)12-3-2-4-14(9-12)31-16-7-8-28-11-15(16)19(29-31)21(23,24)25/h2-6,9-10,28H,7-8,11H2,1H3/p+1. The highest BCUT2D eigenvalue weighted by Gasteiger charge is 2.44. The van der Waals surface area contributed by atoms with Crippen molar-refractivity contribution in [1.82, 2.24) is 9.78 Å². The van der Waals surface area contributed by atoms with Crippen LogP contribution in [0.1, 0.15) is 27.3 Å². The number of halogens is 5. The number of hydrogen-bond donors (Lipinski definition) is 1. The molecule has 0 saturated heterocycles. The van der Waals surface area contributed by atoms with Crippen molar-refractivity contribution in [3.8, 4) is 17.2 Å². The molecule has 0 atom stereocenters. The molecule has 0 radical (unpaired) electrons. The molecule has 34 heavy (non-hydrogen) atoms. The predicted molar refractivity (Wildman–Crippen MR) is 108 cm³/mol. The van der Waals surface area contributed by atoms with Crippen molar-refractivity contribution < 1.29 is 41.5 Å². The van der Waals surface area contributed by atoms with E-state index in [9.17, 15) is 26.7 Å². The summed E-state index contributed by atoms with van der Waals surface area (Å²) in [6.07, 6.45) is -7.98. The summed E-state index contributed by atoms with van der Waals surface area (Å²) in [7, 11) is 1.44. The number of ether oxygens (including phenoxy) is 2. The predicted octanol–water partition coefficient (Wildman–Crippen LogP) is 3.11. The molecule has 7 nitrogen and oxygen atoms in total. The Labute approximate surface area is 189 Å². The van der Waals surface area contributed by atoms with Gasteiger partial charge in [-0.3, -0.25) is 4.79 Å². The van der Waals surface area contributed by atoms with E-state index in [0.29, 0.717) is 24.3 Å². The van der Waals surface area contributed by atoms with Gasteiger partial charge in [-0.1, -0.05) is 6.07 Å². The summed E-state index contributed by atoms with van der Waals surface area (Å²) < 4.78 is 77.2. The fraction of sp³-hybridized carbons (Fsp3) is 0.273. The molecule has 12 heteroatoms. The second kappa shape index (κ2) is 7.69. The molecule has 2 aliphatic heterocycles. The molecule has 1 amide bonds. The van der Waals surface area contributed by atoms with Gasteiger partial charge in [-0.15, -0.1) is 8.78 Å². The van der Waals surface area contributed by atoms with Gasteiger partial charge in [0.1, 0.15) is 6.54 Å². The zero-order valence-corrected chi connectivity index (χ0v) is 17.7. The first kappa shape index (κ1) is 22.1. The van der Waals surface area contributed by atoms with Crippen LogP contribution in [0.3, 0.4) is 0 Å². The SMILES string of the molecule is CN(C(=O)c1cccc(-n2nc(C(F)(F)F)c3c2CC[NH2+]C3)c1)c1ccc2c(c1)OC(F)(F)O2. The number of fused-ring (bicyclic) bond motifs is 2. The van der Waals surface area contributed by atoms with Crippen LogP contribution in [0.5, 0.6) is 11.5 Å². The van der Waals surface area contributed by atoms with E-state index >= 15 is 0 Å². The summed E-state index contributed by atoms with van der Waals surface area (Å²) in [5.41, 5.74) is 0.446. The Kier molecular flexibility index (Phi) is 5.01. The number of quaternary nitrogens is 1. The van der Waals surface area contributed by atoms with Gasteiger partial charge in [0.15, 0.2) is 17.2 Å². The smallest absolute Gasteiger partial charge is 0.395 e. The van der Waals surface area contributed by atoms with Crippen molar-refractivity contribution in [2.45, 2.75) is 25.4 Å². The summed E-state index contributed by atoms with van der Waals surface area (Å²) in [6, 6.07) is 10.0. The third kappa shape index (κ3) is 3.83. The number of hydrogen-bond acceptors (Lipinski definition) is 4. The number of aromatic nitrogens is 2. The van der Waals surface area contributed by atoms with Gasteiger partial charge in [-0.25, -0.2) is 4.68 Å². The number of carbonyl (C=O) groups excluding carboxylic acids is 1. The van der Waals surface area contributed by atoms with E-state index in [1.165, 1.54) is 47.0 Å². The third-order valence-corrected chi connectivity index (χ3v) is 5.71. The van der Waals surface area contributed by atoms with Gasteiger partial charge in [0.2, 0.25) is 0 Å². The molecule has 0 bridgehead atoms. The molecule has 3 aromatic rings. The zero-order valence-electron chi connectivity index (χ0n) is 17.7. The van der Waals surface area contributed by atoms with E-state index < -0.39 is 24.1 Å². The molecule has 0 spiro atoms. The fourth-order valence-electron chi connectivity index (χ4n) is 4.11. The number of benzene rings is 2. The molecular weight excluding hydrogens is 463 g/mol. The Hall–Kier alpha value is -3.67. The minimum absolute atomic E-state index is 0.143. The van der Waals surface area contributed by atoms with E-state index in [1.54, 1.807) is 17.4 Å². The third-order valence-electron chi connectivity index (χ3n) is 5.71. The summed E-state index contributed by atoms with van der Waals surface area (Å²) >= 11 is 0. The lowest BCUT2D eigenvalue weighted by molar-refractivity contribution is -0.673. The first-order valence-corrected chi connectivity index (χ1v) is 10.3. The molecule has 2 aromatic carbocycles. The monoisotopic (exact) mass is 481 g/mol. The highest BCUT2D eigenvalue weighted by Crippen LogP contribution is 2.43. The number of alkyl halides is 5. The van der Waals surface area contributed by atoms with Crippen LogP contribution in [0.2, 0.25) is 0 Å². The summed E-state index contributed by atoms with van der Waals surface area (Å²) in [5.74, 6) is -0.869. The maximum Gasteiger partial charge on any atom is 0.586 e. The second-order valence-electron chi connectivity index (χ2n) is 7.93. The number of carbonyl (C=O) groups is 1. The lowest BCUT2D eigenvalue weighted by Gasteiger charge is -2.18. The quantitative estimate of drug-likeness (QED) is 0.584. The van der Waals surface area contributed by atoms with Gasteiger partial charge in [0.25, 0.3) is 5.91 Å². The Morgan fingerprint density at radius 3 is 2.68 bits per heavy atom. The van der Waals surface area contributed by atoms with Crippen LogP contribution in [0.15, 0.2) is 42.5 Å². The van der Waals surface area contributed by atoms with Crippen LogP contribution in [0, 0.1) is 0 Å². The topological polar surface area (TPSA) is 73.2 Å². The average Bonchev–Trinajstić information content (AvgIpc) is 3.34. The number of nitrogens with two attached hydrogens (primary N) is 1. The molecule has 2 aliphatic rings. The first-order chi connectivity index (χ1) is 16.0. The normalized spacial score (nSPS) is 16.3. The molecule has 0 unspecified atom stereocenters. The van der Waals surface area contributed by atoms with Gasteiger partial charge >= 0.3 is 12.5 Å². The van der Waals surface area contributed by atoms with Crippen molar-refractivity contribution >= 4 is 11.6 Å². The number of amides is 1. The van der Waals surface area contributed by atoms with Crippen LogP contribution >= 0.6 is 0 Å². The molecule has 0 fully saturated rings. The zero-order chi connectivity index (χ0) is 24.3. The van der Waals surface area contributed by atoms with Crippen molar-refractivity contribution in [3.63, 3.8) is 0 Å². The number of anilines is 1. The van der Waals surface area contributed by atoms with E-state index in [4.69, 9.17) is 0 Å². The molecule has 5 rings (SSSR count). The molecular formula is C22H18F5N4O3+. The Balaban J connectivity index is 1.47. The van der Waals surface area contributed by atoms with Crippen LogP contribution in [0.4, 0.5) is 27.6 Å². The van der Waals surface area contributed by atoms with Crippen LogP contribution in [-0.4, -0.2) is 35.6 Å². The maximum atomic E-state index is 13.5. The molecule has 0 aliphatic carbocycles. The van der Waals surface area contributed by atoms with Gasteiger partial charge in [-0.05, 0) is 30.3 Å². The van der Waals surface area contributed by atoms with Gasteiger partial charge in [-0.2, -0.15) is 18.3 Å². The van der Waals surface area contributed by atoms with Crippen LogP contribution < -0.4 is 19.7 Å². The van der Waals surface area contributed by atoms with Gasteiger partial charge < -0.3 is 19.7 Å². The van der Waals surface area contributed by atoms with Crippen molar-refractivity contribution in [1.29, 1.82) is 0 Å². The van der Waals surface area contributed by atoms with Gasteiger partial charge in [0, 0.05) is 30.8 Å². The van der Waals surface area contributed by atoms with E-state index in [0.717, 1.165) is 0 Å². The Bertz CT molecular complexity index is 1290. The molecule has 1 aromatic heterocycles. The van der Waals surface area contributed by atoms with Crippen LogP contribution in [-0.2, 0) is 19.1 Å². The van der Waals surface area contributed by atoms with E-state index in [1.807, 2.05) is 0 Å². The lowest BCUT2D eigenvalue weighted by Crippen LogP contribution is -2.84.